The molecule has 1 aromatic heterocycles. The van der Waals surface area contributed by atoms with Crippen LogP contribution in [-0.4, -0.2) is 4.98 Å². The number of ether oxygens (including phenoxy) is 1. The Kier molecular flexibility index (Phi) is 7.74. The van der Waals surface area contributed by atoms with Gasteiger partial charge in [-0.25, -0.2) is 4.98 Å². The first-order chi connectivity index (χ1) is 26.7. The third-order valence-electron chi connectivity index (χ3n) is 10.7. The molecule has 1 atom stereocenters. The first-order valence-corrected chi connectivity index (χ1v) is 18.4. The van der Waals surface area contributed by atoms with Crippen molar-refractivity contribution >= 4 is 27.1 Å². The summed E-state index contributed by atoms with van der Waals surface area (Å²) in [5.74, 6) is 0.898. The van der Waals surface area contributed by atoms with E-state index in [0.717, 1.165) is 78.0 Å². The molecule has 2 heteroatoms. The highest BCUT2D eigenvalue weighted by molar-refractivity contribution is 6.11. The zero-order valence-corrected chi connectivity index (χ0v) is 29.6. The van der Waals surface area contributed by atoms with Crippen LogP contribution in [-0.2, 0) is 0 Å². The molecule has 0 amide bonds. The van der Waals surface area contributed by atoms with Gasteiger partial charge < -0.3 is 4.74 Å². The molecule has 0 saturated carbocycles. The maximum absolute atomic E-state index is 6.88. The smallest absolute Gasteiger partial charge is 0.149 e. The minimum Gasteiger partial charge on any atom is -0.480 e. The van der Waals surface area contributed by atoms with Gasteiger partial charge in [-0.3, -0.25) is 0 Å². The van der Waals surface area contributed by atoms with E-state index in [1.165, 1.54) is 21.9 Å². The molecule has 9 aromatic rings. The van der Waals surface area contributed by atoms with Crippen molar-refractivity contribution in [3.8, 4) is 61.6 Å². The molecule has 0 N–H and O–H groups in total. The number of fused-ring (bicyclic) bond motifs is 4. The molecule has 1 aliphatic rings. The summed E-state index contributed by atoms with van der Waals surface area (Å²) in [6.45, 7) is 4.70. The maximum Gasteiger partial charge on any atom is 0.149 e. The van der Waals surface area contributed by atoms with Crippen LogP contribution in [0, 0.1) is 0 Å². The van der Waals surface area contributed by atoms with Crippen molar-refractivity contribution in [3.05, 3.63) is 212 Å². The Morgan fingerprint density at radius 3 is 1.67 bits per heavy atom. The van der Waals surface area contributed by atoms with E-state index in [1.807, 2.05) is 12.1 Å². The monoisotopic (exact) mass is 689 g/mol. The lowest BCUT2D eigenvalue weighted by atomic mass is 9.84. The molecule has 8 aromatic carbocycles. The number of aromatic nitrogens is 1. The van der Waals surface area contributed by atoms with Crippen molar-refractivity contribution < 1.29 is 4.74 Å². The lowest BCUT2D eigenvalue weighted by Gasteiger charge is -2.18. The van der Waals surface area contributed by atoms with Crippen LogP contribution in [0.15, 0.2) is 201 Å². The fourth-order valence-corrected chi connectivity index (χ4v) is 8.03. The van der Waals surface area contributed by atoms with Gasteiger partial charge in [0.05, 0.1) is 11.4 Å². The second kappa shape index (κ2) is 13.2. The van der Waals surface area contributed by atoms with Crippen LogP contribution in [0.1, 0.15) is 17.2 Å². The molecule has 1 aliphatic heterocycles. The molecule has 0 spiro atoms. The van der Waals surface area contributed by atoms with Gasteiger partial charge in [-0.1, -0.05) is 183 Å². The normalized spacial score (nSPS) is 13.6. The summed E-state index contributed by atoms with van der Waals surface area (Å²) in [7, 11) is 0. The molecule has 0 fully saturated rings. The van der Waals surface area contributed by atoms with Crippen molar-refractivity contribution in [1.82, 2.24) is 4.98 Å². The summed E-state index contributed by atoms with van der Waals surface area (Å²) in [5.41, 5.74) is 14.1. The fraction of sp³-hybridized carbons (Fsp3) is 0.0192. The van der Waals surface area contributed by atoms with Crippen LogP contribution >= 0.6 is 0 Å². The summed E-state index contributed by atoms with van der Waals surface area (Å²) >= 11 is 0. The van der Waals surface area contributed by atoms with Crippen LogP contribution < -0.4 is 4.74 Å². The molecule has 2 heterocycles. The Morgan fingerprint density at radius 2 is 0.963 bits per heavy atom. The number of hydrogen-bond donors (Lipinski definition) is 0. The van der Waals surface area contributed by atoms with E-state index in [-0.39, 0.29) is 6.10 Å². The van der Waals surface area contributed by atoms with Crippen LogP contribution in [0.2, 0.25) is 0 Å². The predicted molar refractivity (Wildman–Crippen MR) is 225 cm³/mol. The van der Waals surface area contributed by atoms with Gasteiger partial charge in [-0.15, -0.1) is 0 Å². The second-order valence-corrected chi connectivity index (χ2v) is 13.9. The summed E-state index contributed by atoms with van der Waals surface area (Å²) in [5, 5.41) is 4.62. The average Bonchev–Trinajstić information content (AvgIpc) is 3.61. The molecule has 1 unspecified atom stereocenters. The largest absolute Gasteiger partial charge is 0.480 e. The first kappa shape index (κ1) is 31.7. The molecule has 0 saturated heterocycles. The maximum atomic E-state index is 6.88. The van der Waals surface area contributed by atoms with Gasteiger partial charge in [-0.05, 0) is 73.3 Å². The standard InChI is InChI=1S/C52H35NO/c1-34-49-46(31-41-22-12-14-24-45(41)52(49)54-51(34)40-20-9-4-10-21-40)50-43-23-13-11-17-36(43)29-30-44(50)37-25-27-39(28-26-37)48-33-42(35-15-5-2-6-16-35)32-47(53-48)38-18-7-3-8-19-38/h2-33,51H,1H2. The third-order valence-corrected chi connectivity index (χ3v) is 10.7. The summed E-state index contributed by atoms with van der Waals surface area (Å²) in [6, 6.07) is 68.7. The molecule has 2 nitrogen and oxygen atoms in total. The van der Waals surface area contributed by atoms with Gasteiger partial charge in [0.1, 0.15) is 11.9 Å². The van der Waals surface area contributed by atoms with Crippen molar-refractivity contribution in [2.24, 2.45) is 0 Å². The zero-order valence-electron chi connectivity index (χ0n) is 29.6. The molecule has 10 rings (SSSR count). The lowest BCUT2D eigenvalue weighted by Crippen LogP contribution is -2.01. The van der Waals surface area contributed by atoms with Crippen molar-refractivity contribution in [1.29, 1.82) is 0 Å². The zero-order chi connectivity index (χ0) is 36.0. The van der Waals surface area contributed by atoms with E-state index in [0.29, 0.717) is 0 Å². The molecule has 0 aliphatic carbocycles. The Hall–Kier alpha value is -7.03. The van der Waals surface area contributed by atoms with Gasteiger partial charge in [0.25, 0.3) is 0 Å². The van der Waals surface area contributed by atoms with Crippen molar-refractivity contribution in [2.45, 2.75) is 6.10 Å². The summed E-state index contributed by atoms with van der Waals surface area (Å²) < 4.78 is 6.88. The van der Waals surface area contributed by atoms with E-state index in [4.69, 9.17) is 16.3 Å². The Bertz CT molecular complexity index is 2780. The Morgan fingerprint density at radius 1 is 0.407 bits per heavy atom. The van der Waals surface area contributed by atoms with E-state index in [2.05, 4.69) is 182 Å². The van der Waals surface area contributed by atoms with Gasteiger partial charge in [0.15, 0.2) is 0 Å². The molecular weight excluding hydrogens is 655 g/mol. The third kappa shape index (κ3) is 5.48. The second-order valence-electron chi connectivity index (χ2n) is 13.9. The van der Waals surface area contributed by atoms with E-state index >= 15 is 0 Å². The highest BCUT2D eigenvalue weighted by atomic mass is 16.5. The van der Waals surface area contributed by atoms with Gasteiger partial charge in [0.2, 0.25) is 0 Å². The molecule has 0 radical (unpaired) electrons. The first-order valence-electron chi connectivity index (χ1n) is 18.4. The number of rotatable bonds is 6. The average molecular weight is 690 g/mol. The van der Waals surface area contributed by atoms with Gasteiger partial charge >= 0.3 is 0 Å². The molecule has 254 valence electrons. The number of hydrogen-bond acceptors (Lipinski definition) is 2. The minimum absolute atomic E-state index is 0.261. The Labute approximate surface area is 315 Å². The highest BCUT2D eigenvalue weighted by Gasteiger charge is 2.34. The van der Waals surface area contributed by atoms with E-state index < -0.39 is 0 Å². The van der Waals surface area contributed by atoms with Gasteiger partial charge in [-0.2, -0.15) is 0 Å². The topological polar surface area (TPSA) is 22.1 Å². The van der Waals surface area contributed by atoms with E-state index in [9.17, 15) is 0 Å². The lowest BCUT2D eigenvalue weighted by molar-refractivity contribution is 0.287. The van der Waals surface area contributed by atoms with Gasteiger partial charge in [0, 0.05) is 27.6 Å². The molecule has 0 bridgehead atoms. The van der Waals surface area contributed by atoms with E-state index in [1.54, 1.807) is 0 Å². The number of pyridine rings is 1. The van der Waals surface area contributed by atoms with Crippen LogP contribution in [0.3, 0.4) is 0 Å². The van der Waals surface area contributed by atoms with Crippen molar-refractivity contribution in [2.75, 3.05) is 0 Å². The molecule has 54 heavy (non-hydrogen) atoms. The number of benzene rings is 8. The van der Waals surface area contributed by atoms with Crippen LogP contribution in [0.5, 0.6) is 5.75 Å². The summed E-state index contributed by atoms with van der Waals surface area (Å²) in [6.07, 6.45) is -0.261. The highest BCUT2D eigenvalue weighted by Crippen LogP contribution is 2.54. The quantitative estimate of drug-likeness (QED) is 0.173. The Balaban J connectivity index is 1.14. The van der Waals surface area contributed by atoms with Crippen LogP contribution in [0.25, 0.3) is 83.0 Å². The minimum atomic E-state index is -0.261. The SMILES string of the molecule is C=C1c2c(-c3c(-c4ccc(-c5cc(-c6ccccc6)cc(-c6ccccc6)n5)cc4)ccc4ccccc34)cc3ccccc3c2OC1c1ccccc1. The number of nitrogens with zero attached hydrogens (tertiary/aromatic N) is 1. The predicted octanol–water partition coefficient (Wildman–Crippen LogP) is 13.9. The summed E-state index contributed by atoms with van der Waals surface area (Å²) in [4.78, 5) is 5.19. The van der Waals surface area contributed by atoms with Crippen LogP contribution in [0.4, 0.5) is 0 Å². The fourth-order valence-electron chi connectivity index (χ4n) is 8.03. The molecular formula is C52H35NO. The van der Waals surface area contributed by atoms with Crippen molar-refractivity contribution in [3.63, 3.8) is 0 Å².